The molecule has 1 aliphatic rings. The van der Waals surface area contributed by atoms with E-state index in [1.807, 2.05) is 0 Å². The maximum absolute atomic E-state index is 12.7. The minimum atomic E-state index is -4.45. The smallest absolute Gasteiger partial charge is 0.379 e. The van der Waals surface area contributed by atoms with Crippen molar-refractivity contribution in [2.45, 2.75) is 18.6 Å². The molecule has 1 heterocycles. The van der Waals surface area contributed by atoms with Gasteiger partial charge in [0, 0.05) is 15.7 Å². The lowest BCUT2D eigenvalue weighted by molar-refractivity contribution is -0.137. The Bertz CT molecular complexity index is 484. The SMILES string of the molecule is O=C(NC1CCOC1)c1cc(I)cc(C(F)(F)F)c1. The summed E-state index contributed by atoms with van der Waals surface area (Å²) in [5.74, 6) is -0.500. The summed E-state index contributed by atoms with van der Waals surface area (Å²) in [4.78, 5) is 11.9. The van der Waals surface area contributed by atoms with Gasteiger partial charge in [-0.1, -0.05) is 0 Å². The zero-order valence-corrected chi connectivity index (χ0v) is 11.9. The molecule has 1 fully saturated rings. The van der Waals surface area contributed by atoms with Crippen molar-refractivity contribution < 1.29 is 22.7 Å². The van der Waals surface area contributed by atoms with Crippen LogP contribution in [0.2, 0.25) is 0 Å². The third-order valence-corrected chi connectivity index (χ3v) is 3.38. The summed E-state index contributed by atoms with van der Waals surface area (Å²) in [7, 11) is 0. The minimum absolute atomic E-state index is 0.0196. The van der Waals surface area contributed by atoms with Gasteiger partial charge in [0.1, 0.15) is 0 Å². The normalized spacial score (nSPS) is 19.5. The van der Waals surface area contributed by atoms with Gasteiger partial charge in [0.15, 0.2) is 0 Å². The van der Waals surface area contributed by atoms with Crippen molar-refractivity contribution in [3.63, 3.8) is 0 Å². The predicted octanol–water partition coefficient (Wildman–Crippen LogP) is 2.83. The molecule has 0 spiro atoms. The second kappa shape index (κ2) is 5.66. The minimum Gasteiger partial charge on any atom is -0.379 e. The first-order valence-electron chi connectivity index (χ1n) is 5.62. The number of hydrogen-bond donors (Lipinski definition) is 1. The maximum atomic E-state index is 12.7. The highest BCUT2D eigenvalue weighted by molar-refractivity contribution is 14.1. The molecule has 1 aromatic carbocycles. The van der Waals surface area contributed by atoms with Crippen LogP contribution in [0.3, 0.4) is 0 Å². The zero-order valence-electron chi connectivity index (χ0n) is 9.76. The van der Waals surface area contributed by atoms with Crippen molar-refractivity contribution in [2.75, 3.05) is 13.2 Å². The van der Waals surface area contributed by atoms with E-state index in [0.29, 0.717) is 23.2 Å². The molecule has 1 amide bonds. The fraction of sp³-hybridized carbons (Fsp3) is 0.417. The van der Waals surface area contributed by atoms with Crippen LogP contribution in [0, 0.1) is 3.57 Å². The average Bonchev–Trinajstić information content (AvgIpc) is 2.79. The third kappa shape index (κ3) is 3.82. The molecular weight excluding hydrogens is 374 g/mol. The molecule has 0 bridgehead atoms. The molecule has 104 valence electrons. The summed E-state index contributed by atoms with van der Waals surface area (Å²) >= 11 is 1.76. The molecule has 19 heavy (non-hydrogen) atoms. The summed E-state index contributed by atoms with van der Waals surface area (Å²) in [5.41, 5.74) is -0.793. The zero-order chi connectivity index (χ0) is 14.0. The van der Waals surface area contributed by atoms with Crippen molar-refractivity contribution in [1.82, 2.24) is 5.32 Å². The van der Waals surface area contributed by atoms with Crippen LogP contribution in [0.15, 0.2) is 18.2 Å². The Labute approximate surface area is 121 Å². The van der Waals surface area contributed by atoms with Crippen LogP contribution in [0.5, 0.6) is 0 Å². The van der Waals surface area contributed by atoms with Gasteiger partial charge in [0.2, 0.25) is 0 Å². The maximum Gasteiger partial charge on any atom is 0.416 e. The number of hydrogen-bond acceptors (Lipinski definition) is 2. The van der Waals surface area contributed by atoms with Gasteiger partial charge in [0.25, 0.3) is 5.91 Å². The van der Waals surface area contributed by atoms with Gasteiger partial charge >= 0.3 is 6.18 Å². The second-order valence-corrected chi connectivity index (χ2v) is 5.51. The lowest BCUT2D eigenvalue weighted by atomic mass is 10.1. The monoisotopic (exact) mass is 385 g/mol. The van der Waals surface area contributed by atoms with Crippen molar-refractivity contribution >= 4 is 28.5 Å². The number of halogens is 4. The molecule has 7 heteroatoms. The molecule has 1 aromatic rings. The topological polar surface area (TPSA) is 38.3 Å². The fourth-order valence-electron chi connectivity index (χ4n) is 1.80. The fourth-order valence-corrected chi connectivity index (χ4v) is 2.47. The highest BCUT2D eigenvalue weighted by atomic mass is 127. The first kappa shape index (κ1) is 14.6. The summed E-state index contributed by atoms with van der Waals surface area (Å²) in [6, 6.07) is 3.18. The Kier molecular flexibility index (Phi) is 4.34. The number of rotatable bonds is 2. The molecule has 0 radical (unpaired) electrons. The van der Waals surface area contributed by atoms with E-state index in [2.05, 4.69) is 5.32 Å². The number of nitrogens with one attached hydrogen (secondary N) is 1. The van der Waals surface area contributed by atoms with Crippen molar-refractivity contribution in [1.29, 1.82) is 0 Å². The highest BCUT2D eigenvalue weighted by Crippen LogP contribution is 2.31. The van der Waals surface area contributed by atoms with Crippen LogP contribution in [0.4, 0.5) is 13.2 Å². The van der Waals surface area contributed by atoms with E-state index in [0.717, 1.165) is 12.1 Å². The van der Waals surface area contributed by atoms with Crippen LogP contribution in [-0.4, -0.2) is 25.2 Å². The van der Waals surface area contributed by atoms with Gasteiger partial charge in [-0.15, -0.1) is 0 Å². The standard InChI is InChI=1S/C12H11F3INO2/c13-12(14,15)8-3-7(4-9(16)5-8)11(18)17-10-1-2-19-6-10/h3-5,10H,1-2,6H2,(H,17,18). The number of amides is 1. The van der Waals surface area contributed by atoms with Crippen molar-refractivity contribution in [3.05, 3.63) is 32.9 Å². The van der Waals surface area contributed by atoms with E-state index >= 15 is 0 Å². The summed E-state index contributed by atoms with van der Waals surface area (Å²) in [6.07, 6.45) is -3.77. The van der Waals surface area contributed by atoms with Crippen LogP contribution >= 0.6 is 22.6 Å². The molecule has 2 rings (SSSR count). The van der Waals surface area contributed by atoms with Crippen LogP contribution in [-0.2, 0) is 10.9 Å². The Balaban J connectivity index is 2.19. The van der Waals surface area contributed by atoms with Crippen LogP contribution < -0.4 is 5.32 Å². The molecule has 1 aliphatic heterocycles. The Morgan fingerprint density at radius 1 is 1.37 bits per heavy atom. The van der Waals surface area contributed by atoms with E-state index in [1.54, 1.807) is 22.6 Å². The van der Waals surface area contributed by atoms with Gasteiger partial charge in [-0.3, -0.25) is 4.79 Å². The lowest BCUT2D eigenvalue weighted by Crippen LogP contribution is -2.35. The molecule has 3 nitrogen and oxygen atoms in total. The van der Waals surface area contributed by atoms with Crippen molar-refractivity contribution in [2.24, 2.45) is 0 Å². The van der Waals surface area contributed by atoms with Crippen LogP contribution in [0.1, 0.15) is 22.3 Å². The number of alkyl halides is 3. The second-order valence-electron chi connectivity index (χ2n) is 4.26. The van der Waals surface area contributed by atoms with Gasteiger partial charge in [-0.05, 0) is 47.2 Å². The first-order valence-corrected chi connectivity index (χ1v) is 6.70. The van der Waals surface area contributed by atoms with E-state index in [4.69, 9.17) is 4.74 Å². The predicted molar refractivity (Wildman–Crippen MR) is 70.9 cm³/mol. The van der Waals surface area contributed by atoms with Crippen molar-refractivity contribution in [3.8, 4) is 0 Å². The van der Waals surface area contributed by atoms with E-state index in [1.165, 1.54) is 6.07 Å². The molecule has 0 saturated carbocycles. The van der Waals surface area contributed by atoms with E-state index in [9.17, 15) is 18.0 Å². The van der Waals surface area contributed by atoms with Gasteiger partial charge in [-0.2, -0.15) is 13.2 Å². The summed E-state index contributed by atoms with van der Waals surface area (Å²) < 4.78 is 43.5. The highest BCUT2D eigenvalue weighted by Gasteiger charge is 2.31. The number of carbonyl (C=O) groups excluding carboxylic acids is 1. The lowest BCUT2D eigenvalue weighted by Gasteiger charge is -2.13. The van der Waals surface area contributed by atoms with Gasteiger partial charge < -0.3 is 10.1 Å². The molecule has 1 N–H and O–H groups in total. The Morgan fingerprint density at radius 2 is 2.11 bits per heavy atom. The molecule has 0 aliphatic carbocycles. The summed E-state index contributed by atoms with van der Waals surface area (Å²) in [5, 5.41) is 2.67. The van der Waals surface area contributed by atoms with E-state index in [-0.39, 0.29) is 11.6 Å². The number of benzene rings is 1. The van der Waals surface area contributed by atoms with Gasteiger partial charge in [0.05, 0.1) is 18.2 Å². The third-order valence-electron chi connectivity index (χ3n) is 2.75. The molecule has 0 aromatic heterocycles. The molecule has 1 unspecified atom stereocenters. The largest absolute Gasteiger partial charge is 0.416 e. The quantitative estimate of drug-likeness (QED) is 0.796. The Hall–Kier alpha value is -0.830. The first-order chi connectivity index (χ1) is 8.86. The summed E-state index contributed by atoms with van der Waals surface area (Å²) in [6.45, 7) is 0.965. The Morgan fingerprint density at radius 3 is 2.68 bits per heavy atom. The molecule has 1 atom stereocenters. The number of ether oxygens (including phenoxy) is 1. The van der Waals surface area contributed by atoms with Crippen LogP contribution in [0.25, 0.3) is 0 Å². The van der Waals surface area contributed by atoms with Gasteiger partial charge in [-0.25, -0.2) is 0 Å². The molecule has 1 saturated heterocycles. The molecular formula is C12H11F3INO2. The average molecular weight is 385 g/mol. The van der Waals surface area contributed by atoms with E-state index < -0.39 is 17.6 Å². The number of carbonyl (C=O) groups is 1.